The lowest BCUT2D eigenvalue weighted by Crippen LogP contribution is -2.34. The first-order valence-corrected chi connectivity index (χ1v) is 10.1. The number of nitrogens with zero attached hydrogens (tertiary/aromatic N) is 4. The molecule has 0 aliphatic carbocycles. The highest BCUT2D eigenvalue weighted by Crippen LogP contribution is 2.41. The van der Waals surface area contributed by atoms with Gasteiger partial charge in [-0.1, -0.05) is 4.68 Å². The summed E-state index contributed by atoms with van der Waals surface area (Å²) in [6, 6.07) is 6.71. The van der Waals surface area contributed by atoms with Crippen LogP contribution in [-0.2, 0) is 7.05 Å². The number of nitrogens with two attached hydrogens (primary N) is 2. The van der Waals surface area contributed by atoms with Crippen molar-refractivity contribution in [3.63, 3.8) is 0 Å². The molecule has 13 heteroatoms. The summed E-state index contributed by atoms with van der Waals surface area (Å²) in [7, 11) is 4.47. The van der Waals surface area contributed by atoms with Crippen LogP contribution in [0.3, 0.4) is 0 Å². The van der Waals surface area contributed by atoms with E-state index in [1.54, 1.807) is 18.2 Å². The van der Waals surface area contributed by atoms with E-state index in [-0.39, 0.29) is 49.1 Å². The van der Waals surface area contributed by atoms with Gasteiger partial charge in [-0.05, 0) is 5.27 Å². The van der Waals surface area contributed by atoms with Crippen molar-refractivity contribution >= 4 is 44.6 Å². The van der Waals surface area contributed by atoms with Gasteiger partial charge in [-0.2, -0.15) is 5.26 Å². The number of methoxy groups -OCH3 is 2. The molecule has 168 valence electrons. The number of thiophene rings is 1. The van der Waals surface area contributed by atoms with Gasteiger partial charge in [0.05, 0.1) is 41.4 Å². The molecule has 12 nitrogen and oxygen atoms in total. The van der Waals surface area contributed by atoms with E-state index in [1.807, 2.05) is 6.07 Å². The highest BCUT2D eigenvalue weighted by Gasteiger charge is 2.31. The fourth-order valence-corrected chi connectivity index (χ4v) is 4.31. The van der Waals surface area contributed by atoms with Crippen molar-refractivity contribution in [3.8, 4) is 28.8 Å². The Labute approximate surface area is 189 Å². The maximum absolute atomic E-state index is 13.0. The molecule has 0 bridgehead atoms. The van der Waals surface area contributed by atoms with Crippen LogP contribution >= 0.6 is 11.3 Å². The minimum Gasteiger partial charge on any atom is -0.858 e. The molecule has 1 aromatic carbocycles. The molecular formula is C20H17N7O5S. The summed E-state index contributed by atoms with van der Waals surface area (Å²) in [5.74, 6) is 0.134. The molecule has 4 aromatic rings. The molecule has 3 heterocycles. The summed E-state index contributed by atoms with van der Waals surface area (Å²) in [5, 5.41) is 25.3. The first kappa shape index (κ1) is 21.7. The Kier molecular flexibility index (Phi) is 5.36. The van der Waals surface area contributed by atoms with Crippen molar-refractivity contribution in [1.29, 1.82) is 5.26 Å². The summed E-state index contributed by atoms with van der Waals surface area (Å²) in [5.41, 5.74) is 11.9. The van der Waals surface area contributed by atoms with Gasteiger partial charge in [0, 0.05) is 24.1 Å². The van der Waals surface area contributed by atoms with Crippen LogP contribution in [0.2, 0.25) is 0 Å². The predicted octanol–water partition coefficient (Wildman–Crippen LogP) is 0.561. The second kappa shape index (κ2) is 8.17. The molecule has 0 atom stereocenters. The van der Waals surface area contributed by atoms with Gasteiger partial charge in [0.25, 0.3) is 0 Å². The smallest absolute Gasteiger partial charge is 0.435 e. The predicted molar refractivity (Wildman–Crippen MR) is 118 cm³/mol. The van der Waals surface area contributed by atoms with E-state index in [0.29, 0.717) is 11.5 Å². The van der Waals surface area contributed by atoms with E-state index < -0.39 is 11.5 Å². The minimum absolute atomic E-state index is 0.00335. The van der Waals surface area contributed by atoms with E-state index in [1.165, 1.54) is 25.9 Å². The zero-order chi connectivity index (χ0) is 23.9. The molecule has 5 N–H and O–H groups in total. The van der Waals surface area contributed by atoms with Gasteiger partial charge in [0.1, 0.15) is 33.8 Å². The average molecular weight is 467 g/mol. The van der Waals surface area contributed by atoms with Crippen LogP contribution < -0.4 is 36.4 Å². The molecule has 0 aliphatic heterocycles. The summed E-state index contributed by atoms with van der Waals surface area (Å²) in [6.45, 7) is 0. The number of aromatic nitrogens is 3. The van der Waals surface area contributed by atoms with Gasteiger partial charge < -0.3 is 26.0 Å². The molecule has 0 saturated carbocycles. The van der Waals surface area contributed by atoms with Crippen LogP contribution in [0.4, 0.5) is 17.2 Å². The number of rotatable bonds is 5. The molecular weight excluding hydrogens is 450 g/mol. The zero-order valence-electron chi connectivity index (χ0n) is 17.6. The van der Waals surface area contributed by atoms with Gasteiger partial charge in [0.2, 0.25) is 0 Å². The molecule has 0 aliphatic rings. The van der Waals surface area contributed by atoms with Crippen molar-refractivity contribution in [2.75, 3.05) is 25.7 Å². The number of pyridine rings is 1. The number of fused-ring (bicyclic) bond motifs is 1. The summed E-state index contributed by atoms with van der Waals surface area (Å²) in [4.78, 5) is 21.0. The van der Waals surface area contributed by atoms with Crippen LogP contribution in [-0.4, -0.2) is 30.4 Å². The van der Waals surface area contributed by atoms with Crippen molar-refractivity contribution in [2.45, 2.75) is 0 Å². The third-order valence-corrected chi connectivity index (χ3v) is 5.91. The number of aryl methyl sites for hydroxylation is 1. The maximum Gasteiger partial charge on any atom is 0.435 e. The molecule has 0 fully saturated rings. The Hall–Kier alpha value is -4.57. The Bertz CT molecular complexity index is 1500. The number of nitrogens with one attached hydrogen (secondary N) is 1. The van der Waals surface area contributed by atoms with Crippen LogP contribution in [0.25, 0.3) is 21.5 Å². The fraction of sp³-hybridized carbons (Fsp3) is 0.150. The number of ether oxygens (including phenoxy) is 2. The molecule has 0 saturated heterocycles. The number of hydrogen-bond donors (Lipinski definition) is 3. The number of aromatic amines is 1. The van der Waals surface area contributed by atoms with E-state index in [4.69, 9.17) is 25.5 Å². The normalized spacial score (nSPS) is 11.5. The maximum atomic E-state index is 13.0. The Balaban J connectivity index is 1.98. The number of anilines is 2. The van der Waals surface area contributed by atoms with Crippen LogP contribution in [0.5, 0.6) is 11.5 Å². The van der Waals surface area contributed by atoms with Gasteiger partial charge in [0.15, 0.2) is 7.05 Å². The fourth-order valence-electron chi connectivity index (χ4n) is 3.31. The lowest BCUT2D eigenvalue weighted by atomic mass is 10.0. The quantitative estimate of drug-likeness (QED) is 0.214. The van der Waals surface area contributed by atoms with Crippen LogP contribution in [0.1, 0.15) is 10.4 Å². The summed E-state index contributed by atoms with van der Waals surface area (Å²) in [6.07, 6.45) is 0. The van der Waals surface area contributed by atoms with E-state index in [0.717, 1.165) is 11.3 Å². The number of hydrogen-bond acceptors (Lipinski definition) is 11. The van der Waals surface area contributed by atoms with Gasteiger partial charge in [-0.3, -0.25) is 9.52 Å². The Morgan fingerprint density at radius 3 is 2.52 bits per heavy atom. The summed E-state index contributed by atoms with van der Waals surface area (Å²) < 4.78 is 16.5. The molecule has 33 heavy (non-hydrogen) atoms. The first-order chi connectivity index (χ1) is 15.8. The topological polar surface area (TPSA) is 192 Å². The number of nitrogen functional groups attached to an aromatic ring is 2. The molecule has 0 unspecified atom stereocenters. The summed E-state index contributed by atoms with van der Waals surface area (Å²) >= 11 is 0.944. The van der Waals surface area contributed by atoms with Gasteiger partial charge in [-0.15, -0.1) is 11.3 Å². The lowest BCUT2D eigenvalue weighted by molar-refractivity contribution is -0.730. The third-order valence-electron chi connectivity index (χ3n) is 4.82. The standard InChI is InChI=1S/C20H17N7O5S/c1-27-15(20(29)32-26-27)12-11(7-21)17(23)25-19-13(12)14(22)16(33-19)18(28)24-8-4-9(30-2)6-10(5-8)31-3/h4-6H,1-3H3,(H5-,22,23,24,25,26,28,29). The number of benzene rings is 1. The van der Waals surface area contributed by atoms with Gasteiger partial charge in [-0.25, -0.2) is 9.78 Å². The van der Waals surface area contributed by atoms with Crippen molar-refractivity contribution in [1.82, 2.24) is 10.3 Å². The highest BCUT2D eigenvalue weighted by molar-refractivity contribution is 7.21. The Morgan fingerprint density at radius 2 is 1.97 bits per heavy atom. The Morgan fingerprint density at radius 1 is 1.30 bits per heavy atom. The second-order valence-corrected chi connectivity index (χ2v) is 7.76. The number of H-pyrrole nitrogens is 1. The van der Waals surface area contributed by atoms with E-state index >= 15 is 0 Å². The van der Waals surface area contributed by atoms with Crippen LogP contribution in [0.15, 0.2) is 32.5 Å². The van der Waals surface area contributed by atoms with E-state index in [9.17, 15) is 15.2 Å². The molecule has 4 rings (SSSR count). The number of nitriles is 1. The minimum atomic E-state index is -0.743. The highest BCUT2D eigenvalue weighted by atomic mass is 32.1. The molecule has 0 spiro atoms. The van der Waals surface area contributed by atoms with Gasteiger partial charge >= 0.3 is 11.3 Å². The van der Waals surface area contributed by atoms with E-state index in [2.05, 4.69) is 15.2 Å². The first-order valence-electron chi connectivity index (χ1n) is 9.27. The zero-order valence-corrected chi connectivity index (χ0v) is 18.4. The SMILES string of the molecule is COc1cc(N=C([O-])c2sc3nc(N)c(C#N)c(-c4c(=O)o[nH][n+]4C)c3c2N)cc(OC)c1. The molecule has 0 radical (unpaired) electrons. The number of aliphatic imine (C=N–C) groups is 1. The van der Waals surface area contributed by atoms with Crippen molar-refractivity contribution in [3.05, 3.63) is 39.1 Å². The molecule has 3 aromatic heterocycles. The monoisotopic (exact) mass is 467 g/mol. The average Bonchev–Trinajstić information content (AvgIpc) is 3.30. The second-order valence-electron chi connectivity index (χ2n) is 6.76. The lowest BCUT2D eigenvalue weighted by Gasteiger charge is -2.11. The third kappa shape index (κ3) is 3.58. The largest absolute Gasteiger partial charge is 0.858 e. The van der Waals surface area contributed by atoms with Crippen molar-refractivity contribution < 1.29 is 23.8 Å². The van der Waals surface area contributed by atoms with Crippen molar-refractivity contribution in [2.24, 2.45) is 12.0 Å². The van der Waals surface area contributed by atoms with Crippen LogP contribution in [0, 0.1) is 11.3 Å². The molecule has 0 amide bonds.